The van der Waals surface area contributed by atoms with Gasteiger partial charge in [0.25, 0.3) is 10.0 Å². The Hall–Kier alpha value is -3.55. The van der Waals surface area contributed by atoms with E-state index in [0.29, 0.717) is 5.69 Å². The van der Waals surface area contributed by atoms with Crippen molar-refractivity contribution in [3.8, 4) is 0 Å². The van der Waals surface area contributed by atoms with Crippen molar-refractivity contribution in [2.45, 2.75) is 28.9 Å². The number of hydrogen-bond acceptors (Lipinski definition) is 4. The van der Waals surface area contributed by atoms with Gasteiger partial charge in [-0.3, -0.25) is 9.52 Å². The molecule has 0 aliphatic rings. The first-order chi connectivity index (χ1) is 16.8. The highest BCUT2D eigenvalue weighted by atomic mass is 32.2. The largest absolute Gasteiger partial charge is 0.324 e. The summed E-state index contributed by atoms with van der Waals surface area (Å²) in [4.78, 5) is 14.5. The Morgan fingerprint density at radius 2 is 1.31 bits per heavy atom. The van der Waals surface area contributed by atoms with Crippen molar-refractivity contribution in [2.75, 3.05) is 10.0 Å². The Labute approximate surface area is 210 Å². The van der Waals surface area contributed by atoms with Gasteiger partial charge in [0.2, 0.25) is 5.91 Å². The maximum Gasteiger partial charge on any atom is 0.261 e. The fourth-order valence-electron chi connectivity index (χ4n) is 3.65. The van der Waals surface area contributed by atoms with Crippen molar-refractivity contribution in [2.24, 2.45) is 0 Å². The Kier molecular flexibility index (Phi) is 7.58. The number of rotatable bonds is 8. The summed E-state index contributed by atoms with van der Waals surface area (Å²) in [6.07, 6.45) is 0. The molecule has 0 aliphatic heterocycles. The first-order valence-electron chi connectivity index (χ1n) is 11.1. The second kappa shape index (κ2) is 10.8. The summed E-state index contributed by atoms with van der Waals surface area (Å²) in [5.41, 5.74) is 4.17. The average molecular weight is 503 g/mol. The van der Waals surface area contributed by atoms with Gasteiger partial charge in [-0.1, -0.05) is 66.7 Å². The van der Waals surface area contributed by atoms with Crippen molar-refractivity contribution in [3.05, 3.63) is 120 Å². The average Bonchev–Trinajstić information content (AvgIpc) is 2.86. The smallest absolute Gasteiger partial charge is 0.261 e. The second-order valence-corrected chi connectivity index (χ2v) is 11.0. The zero-order chi connectivity index (χ0) is 24.8. The predicted octanol–water partition coefficient (Wildman–Crippen LogP) is 6.58. The van der Waals surface area contributed by atoms with E-state index in [0.717, 1.165) is 27.3 Å². The Bertz CT molecular complexity index is 1390. The molecule has 0 bridgehead atoms. The van der Waals surface area contributed by atoms with Crippen LogP contribution in [0, 0.1) is 13.8 Å². The van der Waals surface area contributed by atoms with Crippen LogP contribution in [0.2, 0.25) is 0 Å². The van der Waals surface area contributed by atoms with Crippen LogP contribution in [0.25, 0.3) is 0 Å². The molecular weight excluding hydrogens is 476 g/mol. The lowest BCUT2D eigenvalue weighted by Gasteiger charge is -2.19. The molecule has 4 aromatic carbocycles. The van der Waals surface area contributed by atoms with Gasteiger partial charge in [-0.05, 0) is 66.9 Å². The zero-order valence-corrected chi connectivity index (χ0v) is 21.1. The van der Waals surface area contributed by atoms with Crippen LogP contribution in [0.5, 0.6) is 0 Å². The lowest BCUT2D eigenvalue weighted by molar-refractivity contribution is -0.115. The molecule has 4 aromatic rings. The molecule has 0 radical (unpaired) electrons. The number of carbonyl (C=O) groups is 1. The van der Waals surface area contributed by atoms with E-state index >= 15 is 0 Å². The minimum Gasteiger partial charge on any atom is -0.324 e. The van der Waals surface area contributed by atoms with E-state index in [2.05, 4.69) is 10.0 Å². The van der Waals surface area contributed by atoms with Crippen molar-refractivity contribution in [1.82, 2.24) is 0 Å². The van der Waals surface area contributed by atoms with Crippen molar-refractivity contribution >= 4 is 39.1 Å². The van der Waals surface area contributed by atoms with Gasteiger partial charge in [0, 0.05) is 16.3 Å². The Morgan fingerprint density at radius 1 is 0.743 bits per heavy atom. The van der Waals surface area contributed by atoms with Crippen LogP contribution in [0.3, 0.4) is 0 Å². The van der Waals surface area contributed by atoms with Crippen LogP contribution in [-0.2, 0) is 14.8 Å². The molecular formula is C28H26N2O3S2. The molecule has 35 heavy (non-hydrogen) atoms. The minimum absolute atomic E-state index is 0.118. The maximum atomic E-state index is 13.4. The first-order valence-corrected chi connectivity index (χ1v) is 13.5. The van der Waals surface area contributed by atoms with Gasteiger partial charge in [-0.2, -0.15) is 0 Å². The lowest BCUT2D eigenvalue weighted by Crippen LogP contribution is -2.20. The summed E-state index contributed by atoms with van der Waals surface area (Å²) in [6.45, 7) is 3.95. The maximum absolute atomic E-state index is 13.4. The van der Waals surface area contributed by atoms with E-state index in [1.54, 1.807) is 42.5 Å². The van der Waals surface area contributed by atoms with E-state index in [4.69, 9.17) is 0 Å². The number of nitrogens with one attached hydrogen (secondary N) is 2. The van der Waals surface area contributed by atoms with Gasteiger partial charge in [-0.25, -0.2) is 8.42 Å². The number of sulfonamides is 1. The molecule has 1 unspecified atom stereocenters. The SMILES string of the molecule is Cc1cccc(C)c1NC(=O)C(Sc1ccc(NS(=O)(=O)c2ccccc2)cc1)c1ccccc1. The molecule has 4 rings (SSSR count). The molecule has 0 saturated carbocycles. The molecule has 0 saturated heterocycles. The van der Waals surface area contributed by atoms with E-state index in [1.165, 1.54) is 11.8 Å². The quantitative estimate of drug-likeness (QED) is 0.267. The number of anilines is 2. The normalized spacial score (nSPS) is 12.1. The number of thioether (sulfide) groups is 1. The topological polar surface area (TPSA) is 75.3 Å². The molecule has 1 amide bonds. The number of para-hydroxylation sites is 1. The molecule has 1 atom stereocenters. The monoisotopic (exact) mass is 502 g/mol. The van der Waals surface area contributed by atoms with Crippen molar-refractivity contribution in [1.29, 1.82) is 0 Å². The third-order valence-electron chi connectivity index (χ3n) is 5.48. The highest BCUT2D eigenvalue weighted by molar-refractivity contribution is 8.00. The van der Waals surface area contributed by atoms with E-state index in [1.807, 2.05) is 74.5 Å². The van der Waals surface area contributed by atoms with Gasteiger partial charge in [-0.15, -0.1) is 11.8 Å². The number of benzene rings is 4. The van der Waals surface area contributed by atoms with Crippen LogP contribution >= 0.6 is 11.8 Å². The van der Waals surface area contributed by atoms with Crippen LogP contribution in [0.4, 0.5) is 11.4 Å². The second-order valence-electron chi connectivity index (χ2n) is 8.11. The van der Waals surface area contributed by atoms with Gasteiger partial charge in [0.1, 0.15) is 5.25 Å². The summed E-state index contributed by atoms with van der Waals surface area (Å²) in [7, 11) is -3.67. The molecule has 0 aliphatic carbocycles. The molecule has 0 fully saturated rings. The fraction of sp³-hybridized carbons (Fsp3) is 0.107. The summed E-state index contributed by atoms with van der Waals surface area (Å²) in [6, 6.07) is 30.8. The molecule has 7 heteroatoms. The molecule has 2 N–H and O–H groups in total. The summed E-state index contributed by atoms with van der Waals surface area (Å²) < 4.78 is 27.8. The molecule has 0 spiro atoms. The van der Waals surface area contributed by atoms with Crippen LogP contribution < -0.4 is 10.0 Å². The molecule has 0 heterocycles. The summed E-state index contributed by atoms with van der Waals surface area (Å²) in [5, 5.41) is 2.62. The van der Waals surface area contributed by atoms with E-state index in [9.17, 15) is 13.2 Å². The Balaban J connectivity index is 1.54. The van der Waals surface area contributed by atoms with Gasteiger partial charge < -0.3 is 5.32 Å². The Morgan fingerprint density at radius 3 is 1.91 bits per heavy atom. The fourth-order valence-corrected chi connectivity index (χ4v) is 5.76. The number of aryl methyl sites for hydroxylation is 2. The number of carbonyl (C=O) groups excluding carboxylic acids is 1. The molecule has 5 nitrogen and oxygen atoms in total. The van der Waals surface area contributed by atoms with E-state index < -0.39 is 15.3 Å². The van der Waals surface area contributed by atoms with Gasteiger partial charge in [0.15, 0.2) is 0 Å². The summed E-state index contributed by atoms with van der Waals surface area (Å²) in [5.74, 6) is -0.118. The van der Waals surface area contributed by atoms with E-state index in [-0.39, 0.29) is 10.8 Å². The predicted molar refractivity (Wildman–Crippen MR) is 143 cm³/mol. The highest BCUT2D eigenvalue weighted by Crippen LogP contribution is 2.37. The molecule has 0 aromatic heterocycles. The minimum atomic E-state index is -3.67. The van der Waals surface area contributed by atoms with Crippen molar-refractivity contribution in [3.63, 3.8) is 0 Å². The van der Waals surface area contributed by atoms with Crippen LogP contribution in [-0.4, -0.2) is 14.3 Å². The third kappa shape index (κ3) is 6.12. The zero-order valence-electron chi connectivity index (χ0n) is 19.4. The first kappa shape index (κ1) is 24.6. The summed E-state index contributed by atoms with van der Waals surface area (Å²) >= 11 is 1.41. The standard InChI is InChI=1S/C28H26N2O3S2/c1-20-10-9-11-21(2)26(20)29-28(31)27(22-12-5-3-6-13-22)34-24-18-16-23(17-19-24)30-35(32,33)25-14-7-4-8-15-25/h3-19,27,30H,1-2H3,(H,29,31). The van der Waals surface area contributed by atoms with Crippen molar-refractivity contribution < 1.29 is 13.2 Å². The third-order valence-corrected chi connectivity index (χ3v) is 8.15. The number of amides is 1. The number of hydrogen-bond donors (Lipinski definition) is 2. The van der Waals surface area contributed by atoms with Crippen LogP contribution in [0.15, 0.2) is 113 Å². The van der Waals surface area contributed by atoms with Gasteiger partial charge >= 0.3 is 0 Å². The van der Waals surface area contributed by atoms with Gasteiger partial charge in [0.05, 0.1) is 4.90 Å². The van der Waals surface area contributed by atoms with Crippen LogP contribution in [0.1, 0.15) is 21.9 Å². The highest BCUT2D eigenvalue weighted by Gasteiger charge is 2.23. The molecule has 178 valence electrons. The lowest BCUT2D eigenvalue weighted by atomic mass is 10.1.